The van der Waals surface area contributed by atoms with Gasteiger partial charge in [-0.1, -0.05) is 11.6 Å². The molecule has 2 aromatic rings. The summed E-state index contributed by atoms with van der Waals surface area (Å²) in [6, 6.07) is 1.59. The average Bonchev–Trinajstić information content (AvgIpc) is 2.53. The summed E-state index contributed by atoms with van der Waals surface area (Å²) in [5, 5.41) is 10.1. The summed E-state index contributed by atoms with van der Waals surface area (Å²) in [6.07, 6.45) is 0. The quantitative estimate of drug-likeness (QED) is 0.734. The number of anilines is 1. The molecule has 0 atom stereocenters. The molecule has 0 heterocycles. The van der Waals surface area contributed by atoms with Gasteiger partial charge in [0, 0.05) is 0 Å². The molecule has 0 fully saturated rings. The van der Waals surface area contributed by atoms with Gasteiger partial charge >= 0.3 is 0 Å². The van der Waals surface area contributed by atoms with Crippen molar-refractivity contribution in [1.82, 2.24) is 0 Å². The van der Waals surface area contributed by atoms with E-state index in [1.165, 1.54) is 0 Å². The zero-order valence-corrected chi connectivity index (χ0v) is 17.2. The van der Waals surface area contributed by atoms with Gasteiger partial charge in [0.1, 0.15) is 5.75 Å². The van der Waals surface area contributed by atoms with Gasteiger partial charge in [-0.15, -0.1) is 0 Å². The van der Waals surface area contributed by atoms with Crippen LogP contribution in [0.3, 0.4) is 0 Å². The Morgan fingerprint density at radius 2 is 1.28 bits per heavy atom. The van der Waals surface area contributed by atoms with Gasteiger partial charge in [-0.3, -0.25) is 4.72 Å². The molecular formula is C19H24ClNO3S. The Bertz CT molecular complexity index is 950. The highest BCUT2D eigenvalue weighted by molar-refractivity contribution is 7.92. The van der Waals surface area contributed by atoms with E-state index in [4.69, 9.17) is 11.6 Å². The third-order valence-corrected chi connectivity index (χ3v) is 7.22. The van der Waals surface area contributed by atoms with Crippen molar-refractivity contribution >= 4 is 27.3 Å². The Morgan fingerprint density at radius 3 is 1.76 bits per heavy atom. The molecule has 0 aromatic heterocycles. The van der Waals surface area contributed by atoms with Gasteiger partial charge in [-0.2, -0.15) is 0 Å². The molecule has 2 aromatic carbocycles. The third-order valence-electron chi connectivity index (χ3n) is 5.12. The number of hydrogen-bond acceptors (Lipinski definition) is 3. The van der Waals surface area contributed by atoms with Crippen LogP contribution in [0, 0.1) is 48.5 Å². The van der Waals surface area contributed by atoms with Crippen LogP contribution < -0.4 is 4.72 Å². The minimum absolute atomic E-state index is 0.0310. The fourth-order valence-electron chi connectivity index (χ4n) is 3.03. The summed E-state index contributed by atoms with van der Waals surface area (Å²) < 4.78 is 28.8. The van der Waals surface area contributed by atoms with Crippen LogP contribution in [-0.2, 0) is 10.0 Å². The summed E-state index contributed by atoms with van der Waals surface area (Å²) >= 11 is 6.11. The number of benzene rings is 2. The van der Waals surface area contributed by atoms with Crippen LogP contribution in [0.2, 0.25) is 5.02 Å². The van der Waals surface area contributed by atoms with E-state index in [1.807, 2.05) is 34.6 Å². The van der Waals surface area contributed by atoms with Crippen LogP contribution in [-0.4, -0.2) is 13.5 Å². The molecule has 0 saturated carbocycles. The second kappa shape index (κ2) is 6.54. The molecule has 25 heavy (non-hydrogen) atoms. The zero-order chi connectivity index (χ0) is 19.3. The van der Waals surface area contributed by atoms with Gasteiger partial charge in [-0.05, 0) is 93.5 Å². The highest BCUT2D eigenvalue weighted by Crippen LogP contribution is 2.37. The van der Waals surface area contributed by atoms with Crippen LogP contribution in [0.15, 0.2) is 11.0 Å². The minimum Gasteiger partial charge on any atom is -0.506 e. The minimum atomic E-state index is -3.80. The number of sulfonamides is 1. The Morgan fingerprint density at radius 1 is 0.840 bits per heavy atom. The number of nitrogens with one attached hydrogen (secondary N) is 1. The van der Waals surface area contributed by atoms with Gasteiger partial charge in [0.25, 0.3) is 10.0 Å². The first-order chi connectivity index (χ1) is 11.4. The van der Waals surface area contributed by atoms with E-state index < -0.39 is 10.0 Å². The average molecular weight is 382 g/mol. The first kappa shape index (κ1) is 19.6. The molecule has 0 saturated heterocycles. The van der Waals surface area contributed by atoms with Gasteiger partial charge < -0.3 is 5.11 Å². The number of aryl methyl sites for hydroxylation is 1. The Hall–Kier alpha value is -1.72. The predicted molar refractivity (Wildman–Crippen MR) is 104 cm³/mol. The van der Waals surface area contributed by atoms with E-state index in [1.54, 1.807) is 19.9 Å². The van der Waals surface area contributed by atoms with Crippen molar-refractivity contribution < 1.29 is 13.5 Å². The molecule has 0 aliphatic heterocycles. The number of rotatable bonds is 3. The van der Waals surface area contributed by atoms with E-state index in [0.717, 1.165) is 27.8 Å². The molecule has 0 spiro atoms. The number of hydrogen-bond donors (Lipinski definition) is 2. The standard InChI is InChI=1S/C19H24ClNO3S/c1-9-8-16(15(7)17(20)18(9)22)21-25(23,24)19-13(5)11(3)10(2)12(4)14(19)6/h8,21-22H,1-7H3. The normalized spacial score (nSPS) is 11.7. The summed E-state index contributed by atoms with van der Waals surface area (Å²) in [4.78, 5) is 0.300. The predicted octanol–water partition coefficient (Wildman–Crippen LogP) is 5.01. The van der Waals surface area contributed by atoms with E-state index >= 15 is 0 Å². The van der Waals surface area contributed by atoms with Crippen molar-refractivity contribution in [3.63, 3.8) is 0 Å². The molecule has 2 rings (SSSR count). The molecule has 0 bridgehead atoms. The molecule has 0 amide bonds. The summed E-state index contributed by atoms with van der Waals surface area (Å²) in [6.45, 7) is 12.9. The van der Waals surface area contributed by atoms with Gasteiger partial charge in [0.15, 0.2) is 0 Å². The van der Waals surface area contributed by atoms with Crippen LogP contribution in [0.4, 0.5) is 5.69 Å². The van der Waals surface area contributed by atoms with E-state index in [2.05, 4.69) is 4.72 Å². The van der Waals surface area contributed by atoms with Crippen molar-refractivity contribution in [1.29, 1.82) is 0 Å². The smallest absolute Gasteiger partial charge is 0.262 e. The second-order valence-corrected chi connectivity index (χ2v) is 8.59. The lowest BCUT2D eigenvalue weighted by molar-refractivity contribution is 0.471. The summed E-state index contributed by atoms with van der Waals surface area (Å²) in [5.74, 6) is -0.0310. The molecule has 0 aliphatic rings. The van der Waals surface area contributed by atoms with Crippen molar-refractivity contribution in [2.24, 2.45) is 0 Å². The molecule has 136 valence electrons. The van der Waals surface area contributed by atoms with Crippen molar-refractivity contribution in [3.05, 3.63) is 50.0 Å². The number of phenolic OH excluding ortho intramolecular Hbond substituents is 1. The number of phenols is 1. The fourth-order valence-corrected chi connectivity index (χ4v) is 5.00. The number of halogens is 1. The molecule has 2 N–H and O–H groups in total. The highest BCUT2D eigenvalue weighted by Gasteiger charge is 2.25. The van der Waals surface area contributed by atoms with Crippen molar-refractivity contribution in [2.75, 3.05) is 4.72 Å². The Balaban J connectivity index is 2.67. The second-order valence-electron chi connectivity index (χ2n) is 6.59. The van der Waals surface area contributed by atoms with Crippen molar-refractivity contribution in [3.8, 4) is 5.75 Å². The fraction of sp³-hybridized carbons (Fsp3) is 0.368. The Kier molecular flexibility index (Phi) is 5.13. The van der Waals surface area contributed by atoms with Crippen LogP contribution in [0.1, 0.15) is 38.9 Å². The van der Waals surface area contributed by atoms with E-state index in [-0.39, 0.29) is 10.8 Å². The molecule has 0 radical (unpaired) electrons. The molecular weight excluding hydrogens is 358 g/mol. The van der Waals surface area contributed by atoms with E-state index in [0.29, 0.717) is 21.7 Å². The first-order valence-electron chi connectivity index (χ1n) is 7.98. The number of aromatic hydroxyl groups is 1. The summed E-state index contributed by atoms with van der Waals surface area (Å²) in [7, 11) is -3.80. The SMILES string of the molecule is Cc1cc(NS(=O)(=O)c2c(C)c(C)c(C)c(C)c2C)c(C)c(Cl)c1O. The zero-order valence-electron chi connectivity index (χ0n) is 15.6. The molecule has 6 heteroatoms. The lowest BCUT2D eigenvalue weighted by Crippen LogP contribution is -2.18. The van der Waals surface area contributed by atoms with Gasteiger partial charge in [0.05, 0.1) is 15.6 Å². The lowest BCUT2D eigenvalue weighted by Gasteiger charge is -2.20. The largest absolute Gasteiger partial charge is 0.506 e. The topological polar surface area (TPSA) is 66.4 Å². The maximum atomic E-state index is 13.1. The molecule has 0 aliphatic carbocycles. The van der Waals surface area contributed by atoms with Gasteiger partial charge in [-0.25, -0.2) is 8.42 Å². The summed E-state index contributed by atoms with van der Waals surface area (Å²) in [5.41, 5.74) is 5.91. The lowest BCUT2D eigenvalue weighted by atomic mass is 9.95. The maximum Gasteiger partial charge on any atom is 0.262 e. The maximum absolute atomic E-state index is 13.1. The molecule has 4 nitrogen and oxygen atoms in total. The first-order valence-corrected chi connectivity index (χ1v) is 9.84. The van der Waals surface area contributed by atoms with E-state index in [9.17, 15) is 13.5 Å². The monoisotopic (exact) mass is 381 g/mol. The van der Waals surface area contributed by atoms with Crippen LogP contribution in [0.25, 0.3) is 0 Å². The molecule has 0 unspecified atom stereocenters. The van der Waals surface area contributed by atoms with Crippen molar-refractivity contribution in [2.45, 2.75) is 53.4 Å². The Labute approximate surface area is 154 Å². The third kappa shape index (κ3) is 3.23. The highest BCUT2D eigenvalue weighted by atomic mass is 35.5. The van der Waals surface area contributed by atoms with Gasteiger partial charge in [0.2, 0.25) is 0 Å². The van der Waals surface area contributed by atoms with Crippen LogP contribution >= 0.6 is 11.6 Å². The van der Waals surface area contributed by atoms with Crippen LogP contribution in [0.5, 0.6) is 5.75 Å².